The van der Waals surface area contributed by atoms with E-state index in [9.17, 15) is 51.1 Å². The molecule has 2 saturated heterocycles. The first-order valence-electron chi connectivity index (χ1n) is 20.3. The molecule has 0 radical (unpaired) electrons. The summed E-state index contributed by atoms with van der Waals surface area (Å²) in [6.45, 7) is 2.80. The third-order valence-corrected chi connectivity index (χ3v) is 12.4. The second-order valence-electron chi connectivity index (χ2n) is 15.2. The van der Waals surface area contributed by atoms with Crippen LogP contribution >= 0.6 is 11.8 Å². The van der Waals surface area contributed by atoms with Crippen LogP contribution in [0.1, 0.15) is 112 Å². The molecule has 4 aliphatic rings. The van der Waals surface area contributed by atoms with Crippen molar-refractivity contribution in [3.05, 3.63) is 70.4 Å². The fourth-order valence-electron chi connectivity index (χ4n) is 8.26. The number of benzene rings is 1. The lowest BCUT2D eigenvalue weighted by atomic mass is 9.73. The number of nitriles is 1. The Morgan fingerprint density at radius 1 is 0.983 bits per heavy atom. The Morgan fingerprint density at radius 3 is 2.17 bits per heavy atom. The number of thioether (sulfide) groups is 1. The first-order valence-corrected chi connectivity index (χ1v) is 21.3. The van der Waals surface area contributed by atoms with E-state index in [1.54, 1.807) is 29.2 Å². The highest BCUT2D eigenvalue weighted by molar-refractivity contribution is 8.03. The number of pyridine rings is 1. The molecule has 1 saturated carbocycles. The number of hydrogen-bond donors (Lipinski definition) is 3. The van der Waals surface area contributed by atoms with Gasteiger partial charge in [-0.25, -0.2) is 8.78 Å². The monoisotopic (exact) mass is 870 g/mol. The van der Waals surface area contributed by atoms with Crippen LogP contribution in [0.3, 0.4) is 0 Å². The number of carbonyl (C=O) groups excluding carboxylic acids is 2. The summed E-state index contributed by atoms with van der Waals surface area (Å²) in [5, 5.41) is 37.5. The zero-order chi connectivity index (χ0) is 44.5. The first-order chi connectivity index (χ1) is 28.6. The molecule has 4 heterocycles. The summed E-state index contributed by atoms with van der Waals surface area (Å²) in [4.78, 5) is 44.8. The predicted molar refractivity (Wildman–Crippen MR) is 216 cm³/mol. The Bertz CT molecular complexity index is 1760. The summed E-state index contributed by atoms with van der Waals surface area (Å²) in [5.74, 6) is -1.23. The molecular weight excluding hydrogens is 815 g/mol. The smallest absolute Gasteiger partial charge is 0.418 e. The lowest BCUT2D eigenvalue weighted by molar-refractivity contribution is -0.140. The molecule has 1 aromatic heterocycles. The summed E-state index contributed by atoms with van der Waals surface area (Å²) in [5.41, 5.74) is -2.08. The molecule has 0 spiro atoms. The second-order valence-corrected chi connectivity index (χ2v) is 16.3. The molecule has 60 heavy (non-hydrogen) atoms. The number of rotatable bonds is 8. The Balaban J connectivity index is 0.000000391. The number of nitrogens with zero attached hydrogens (tertiary/aromatic N) is 4. The lowest BCUT2D eigenvalue weighted by Crippen LogP contribution is -2.54. The fraction of sp³-hybridized carbons (Fsp3) is 0.605. The molecule has 6 rings (SSSR count). The van der Waals surface area contributed by atoms with E-state index >= 15 is 0 Å². The van der Waals surface area contributed by atoms with Crippen molar-refractivity contribution in [1.29, 1.82) is 5.26 Å². The largest absolute Gasteiger partial charge is 0.508 e. The first kappa shape index (κ1) is 50.1. The van der Waals surface area contributed by atoms with Crippen LogP contribution in [-0.4, -0.2) is 99.0 Å². The van der Waals surface area contributed by atoms with Crippen LogP contribution in [0.25, 0.3) is 0 Å². The molecule has 2 aromatic rings. The Hall–Kier alpha value is -4.30. The topological polar surface area (TPSA) is 155 Å². The number of aromatic nitrogens is 1. The number of carboxylic acids is 1. The van der Waals surface area contributed by atoms with E-state index in [-0.39, 0.29) is 23.1 Å². The number of carbonyl (C=O) groups is 3. The van der Waals surface area contributed by atoms with Crippen molar-refractivity contribution < 1.29 is 56.0 Å². The van der Waals surface area contributed by atoms with E-state index in [2.05, 4.69) is 11.1 Å². The molecule has 3 unspecified atom stereocenters. The van der Waals surface area contributed by atoms with Crippen LogP contribution in [0.15, 0.2) is 53.6 Å². The zero-order valence-electron chi connectivity index (χ0n) is 34.1. The van der Waals surface area contributed by atoms with Gasteiger partial charge >= 0.3 is 12.1 Å². The standard InChI is InChI=1S/C30H35F3N4O3.C7H12O2.C5H6F2OS.CH3F/c1-2-9-24-21(27(39)36-18-14-29(20-34,15-19-36)22-11-5-6-13-25(22)38)10-4-3-7-17-37(24)28(40)26-23(30(31,32)33)12-8-16-35-26;8-7(9)5-6-3-1-2-4-6;6-5(7)4-1-3(8)2-9-4;1-2/h5-6,8,11-13,16,21,24,38H,2-4,7,9-10,14-15,17-19H2,1H3;6H,1-5H2,(H,8,9);1,3,5,8H,2H2;1H3. The number of aliphatic hydroxyl groups excluding tert-OH is 1. The van der Waals surface area contributed by atoms with Gasteiger partial charge in [-0.3, -0.25) is 23.8 Å². The minimum atomic E-state index is -4.73. The van der Waals surface area contributed by atoms with Gasteiger partial charge in [0.2, 0.25) is 5.91 Å². The van der Waals surface area contributed by atoms with Gasteiger partial charge in [-0.15, -0.1) is 11.8 Å². The van der Waals surface area contributed by atoms with Crippen LogP contribution < -0.4 is 0 Å². The molecule has 3 aliphatic heterocycles. The fourth-order valence-corrected chi connectivity index (χ4v) is 9.10. The minimum absolute atomic E-state index is 0.00231. The highest BCUT2D eigenvalue weighted by atomic mass is 32.2. The van der Waals surface area contributed by atoms with Crippen LogP contribution in [0.2, 0.25) is 0 Å². The third-order valence-electron chi connectivity index (χ3n) is 11.2. The molecule has 17 heteroatoms. The van der Waals surface area contributed by atoms with Crippen molar-refractivity contribution in [3.8, 4) is 11.8 Å². The number of aliphatic hydroxyl groups is 1. The summed E-state index contributed by atoms with van der Waals surface area (Å²) in [6.07, 6.45) is 4.23. The molecule has 2 amide bonds. The molecule has 10 nitrogen and oxygen atoms in total. The van der Waals surface area contributed by atoms with Gasteiger partial charge in [0.15, 0.2) is 0 Å². The Morgan fingerprint density at radius 2 is 1.63 bits per heavy atom. The maximum Gasteiger partial charge on any atom is 0.418 e. The van der Waals surface area contributed by atoms with Gasteiger partial charge in [0.05, 0.1) is 36.2 Å². The number of carboxylic acid groups (broad SMARTS) is 1. The van der Waals surface area contributed by atoms with Crippen molar-refractivity contribution in [3.63, 3.8) is 0 Å². The van der Waals surface area contributed by atoms with E-state index < -0.39 is 59.2 Å². The van der Waals surface area contributed by atoms with Gasteiger partial charge in [-0.1, -0.05) is 57.2 Å². The van der Waals surface area contributed by atoms with Crippen molar-refractivity contribution in [1.82, 2.24) is 14.8 Å². The van der Waals surface area contributed by atoms with E-state index in [0.29, 0.717) is 82.4 Å². The molecule has 1 aromatic carbocycles. The van der Waals surface area contributed by atoms with E-state index in [1.807, 2.05) is 6.92 Å². The number of hydrogen-bond acceptors (Lipinski definition) is 8. The number of piperidine rings is 1. The van der Waals surface area contributed by atoms with Gasteiger partial charge in [0.25, 0.3) is 12.3 Å². The Kier molecular flexibility index (Phi) is 20.2. The van der Waals surface area contributed by atoms with Crippen molar-refractivity contribution in [2.24, 2.45) is 11.8 Å². The van der Waals surface area contributed by atoms with E-state index in [1.165, 1.54) is 30.0 Å². The summed E-state index contributed by atoms with van der Waals surface area (Å²) in [6, 6.07) is 10.6. The normalized spacial score (nSPS) is 21.7. The van der Waals surface area contributed by atoms with Crippen LogP contribution in [0, 0.1) is 23.2 Å². The number of phenols is 1. The van der Waals surface area contributed by atoms with Gasteiger partial charge in [0.1, 0.15) is 11.4 Å². The summed E-state index contributed by atoms with van der Waals surface area (Å²) >= 11 is 1.02. The maximum absolute atomic E-state index is 14.0. The third kappa shape index (κ3) is 13.9. The summed E-state index contributed by atoms with van der Waals surface area (Å²) in [7, 11) is 0.500. The van der Waals surface area contributed by atoms with Gasteiger partial charge < -0.3 is 25.1 Å². The molecule has 332 valence electrons. The number of para-hydroxylation sites is 1. The Labute approximate surface area is 352 Å². The number of aliphatic carboxylic acids is 1. The minimum Gasteiger partial charge on any atom is -0.508 e. The van der Waals surface area contributed by atoms with Crippen LogP contribution in [-0.2, 0) is 21.2 Å². The maximum atomic E-state index is 14.0. The number of halogens is 6. The number of alkyl halides is 6. The molecule has 3 atom stereocenters. The van der Waals surface area contributed by atoms with Crippen LogP contribution in [0.5, 0.6) is 5.75 Å². The second kappa shape index (κ2) is 24.2. The van der Waals surface area contributed by atoms with Crippen LogP contribution in [0.4, 0.5) is 26.3 Å². The lowest BCUT2D eigenvalue weighted by Gasteiger charge is -2.43. The molecule has 3 fully saturated rings. The van der Waals surface area contributed by atoms with Gasteiger partial charge in [-0.2, -0.15) is 18.4 Å². The number of phenolic OH excluding ortho intramolecular Hbond substituents is 1. The average molecular weight is 871 g/mol. The van der Waals surface area contributed by atoms with Gasteiger partial charge in [0, 0.05) is 54.5 Å². The number of aromatic hydroxyl groups is 1. The molecule has 1 aliphatic carbocycles. The average Bonchev–Trinajstić information content (AvgIpc) is 3.91. The number of likely N-dealkylation sites (tertiary alicyclic amines) is 2. The van der Waals surface area contributed by atoms with Crippen molar-refractivity contribution in [2.45, 2.75) is 121 Å². The highest BCUT2D eigenvalue weighted by Crippen LogP contribution is 2.41. The predicted octanol–water partition coefficient (Wildman–Crippen LogP) is 9.17. The number of amides is 2. The van der Waals surface area contributed by atoms with Crippen molar-refractivity contribution >= 4 is 29.5 Å². The molecule has 0 bridgehead atoms. The summed E-state index contributed by atoms with van der Waals surface area (Å²) < 4.78 is 74.2. The van der Waals surface area contributed by atoms with Crippen molar-refractivity contribution in [2.75, 3.05) is 32.6 Å². The zero-order valence-corrected chi connectivity index (χ0v) is 34.9. The highest BCUT2D eigenvalue weighted by Gasteiger charge is 2.44. The molecule has 3 N–H and O–H groups in total. The van der Waals surface area contributed by atoms with E-state index in [0.717, 1.165) is 49.6 Å². The quantitative estimate of drug-likeness (QED) is 0.220. The number of allylic oxidation sites excluding steroid dienone is 1. The molecular formula is C43H56F6N4O6S. The van der Waals surface area contributed by atoms with E-state index in [4.69, 9.17) is 10.2 Å². The van der Waals surface area contributed by atoms with Gasteiger partial charge in [-0.05, 0) is 75.1 Å². The SMILES string of the molecule is CCCC1C(C(=O)N2CCC(C#N)(c3ccccc3O)CC2)CCCCCN1C(=O)c1ncccc1C(F)(F)F.CF.O=C(O)CC1CCCC1.OC1C=C(C(F)F)SC1.